The smallest absolute Gasteiger partial charge is 0.220 e. The number of nitrogens with one attached hydrogen (secondary N) is 1. The third-order valence-electron chi connectivity index (χ3n) is 4.28. The Hall–Kier alpha value is -1.62. The van der Waals surface area contributed by atoms with Gasteiger partial charge in [-0.05, 0) is 36.3 Å². The zero-order chi connectivity index (χ0) is 15.2. The molecule has 3 rings (SSSR count). The Labute approximate surface area is 135 Å². The number of hydrogen-bond acceptors (Lipinski definition) is 3. The van der Waals surface area contributed by atoms with E-state index in [0.29, 0.717) is 18.9 Å². The molecule has 1 N–H and O–H groups in total. The largest absolute Gasteiger partial charge is 0.354 e. The van der Waals surface area contributed by atoms with Gasteiger partial charge >= 0.3 is 0 Å². The van der Waals surface area contributed by atoms with Gasteiger partial charge in [0, 0.05) is 19.2 Å². The summed E-state index contributed by atoms with van der Waals surface area (Å²) in [6.07, 6.45) is 9.02. The number of amides is 1. The highest BCUT2D eigenvalue weighted by atomic mass is 32.1. The van der Waals surface area contributed by atoms with Crippen molar-refractivity contribution in [2.24, 2.45) is 5.92 Å². The minimum Gasteiger partial charge on any atom is -0.354 e. The lowest BCUT2D eigenvalue weighted by molar-refractivity contribution is -0.122. The zero-order valence-corrected chi connectivity index (χ0v) is 13.6. The van der Waals surface area contributed by atoms with E-state index in [9.17, 15) is 4.79 Å². The normalized spacial score (nSPS) is 15.8. The Morgan fingerprint density at radius 1 is 1.32 bits per heavy atom. The first kappa shape index (κ1) is 15.3. The molecule has 0 aromatic carbocycles. The first-order valence-corrected chi connectivity index (χ1v) is 9.03. The predicted molar refractivity (Wildman–Crippen MR) is 89.7 cm³/mol. The quantitative estimate of drug-likeness (QED) is 0.883. The van der Waals surface area contributed by atoms with Gasteiger partial charge in [-0.15, -0.1) is 11.3 Å². The molecule has 118 valence electrons. The second-order valence-corrected chi connectivity index (χ2v) is 6.95. The van der Waals surface area contributed by atoms with E-state index in [4.69, 9.17) is 0 Å². The first-order valence-electron chi connectivity index (χ1n) is 8.15. The zero-order valence-electron chi connectivity index (χ0n) is 12.8. The van der Waals surface area contributed by atoms with Gasteiger partial charge in [-0.25, -0.2) is 0 Å². The lowest BCUT2D eigenvalue weighted by Gasteiger charge is -2.20. The summed E-state index contributed by atoms with van der Waals surface area (Å²) >= 11 is 1.69. The summed E-state index contributed by atoms with van der Waals surface area (Å²) in [5, 5.41) is 9.62. The van der Waals surface area contributed by atoms with Crippen LogP contribution in [0.1, 0.15) is 38.5 Å². The fourth-order valence-electron chi connectivity index (χ4n) is 3.08. The van der Waals surface area contributed by atoms with Crippen LogP contribution >= 0.6 is 11.3 Å². The van der Waals surface area contributed by atoms with Crippen molar-refractivity contribution in [3.63, 3.8) is 0 Å². The minimum absolute atomic E-state index is 0.192. The highest BCUT2D eigenvalue weighted by molar-refractivity contribution is 7.13. The van der Waals surface area contributed by atoms with E-state index in [1.807, 2.05) is 23.0 Å². The van der Waals surface area contributed by atoms with Crippen LogP contribution in [0.2, 0.25) is 0 Å². The molecule has 2 heterocycles. The number of thiophene rings is 1. The van der Waals surface area contributed by atoms with Crippen LogP contribution in [0.25, 0.3) is 10.6 Å². The molecule has 0 bridgehead atoms. The van der Waals surface area contributed by atoms with Gasteiger partial charge in [-0.2, -0.15) is 5.10 Å². The number of nitrogens with zero attached hydrogens (tertiary/aromatic N) is 2. The van der Waals surface area contributed by atoms with Crippen molar-refractivity contribution in [2.45, 2.75) is 45.1 Å². The summed E-state index contributed by atoms with van der Waals surface area (Å²) in [4.78, 5) is 13.1. The van der Waals surface area contributed by atoms with Gasteiger partial charge in [0.05, 0.1) is 11.4 Å². The Balaban J connectivity index is 1.40. The number of hydrogen-bond donors (Lipinski definition) is 1. The van der Waals surface area contributed by atoms with Crippen molar-refractivity contribution >= 4 is 17.2 Å². The van der Waals surface area contributed by atoms with Gasteiger partial charge in [-0.3, -0.25) is 9.48 Å². The monoisotopic (exact) mass is 317 g/mol. The van der Waals surface area contributed by atoms with Gasteiger partial charge in [0.25, 0.3) is 0 Å². The van der Waals surface area contributed by atoms with Crippen molar-refractivity contribution in [1.82, 2.24) is 15.1 Å². The maximum Gasteiger partial charge on any atom is 0.220 e. The van der Waals surface area contributed by atoms with E-state index in [1.165, 1.54) is 37.0 Å². The summed E-state index contributed by atoms with van der Waals surface area (Å²) in [5.74, 6) is 0.793. The predicted octanol–water partition coefficient (Wildman–Crippen LogP) is 3.70. The average molecular weight is 317 g/mol. The van der Waals surface area contributed by atoms with E-state index in [2.05, 4.69) is 21.9 Å². The molecule has 2 aromatic rings. The van der Waals surface area contributed by atoms with Gasteiger partial charge in [-0.1, -0.05) is 25.3 Å². The third kappa shape index (κ3) is 4.19. The standard InChI is InChI=1S/C17H23N3OS/c21-17(13-14-5-2-1-3-6-14)18-9-11-20-10-8-15(19-20)16-7-4-12-22-16/h4,7-8,10,12,14H,1-3,5-6,9,11,13H2,(H,18,21). The van der Waals surface area contributed by atoms with Crippen LogP contribution in [0.15, 0.2) is 29.8 Å². The molecule has 22 heavy (non-hydrogen) atoms. The van der Waals surface area contributed by atoms with Crippen molar-refractivity contribution in [3.8, 4) is 10.6 Å². The molecular formula is C17H23N3OS. The van der Waals surface area contributed by atoms with Gasteiger partial charge in [0.15, 0.2) is 0 Å². The maximum atomic E-state index is 12.0. The third-order valence-corrected chi connectivity index (χ3v) is 5.17. The number of aromatic nitrogens is 2. The van der Waals surface area contributed by atoms with Crippen LogP contribution < -0.4 is 5.32 Å². The van der Waals surface area contributed by atoms with Crippen LogP contribution in [-0.2, 0) is 11.3 Å². The Morgan fingerprint density at radius 2 is 2.18 bits per heavy atom. The fraction of sp³-hybridized carbons (Fsp3) is 0.529. The SMILES string of the molecule is O=C(CC1CCCCC1)NCCn1ccc(-c2cccs2)n1. The van der Waals surface area contributed by atoms with E-state index >= 15 is 0 Å². The van der Waals surface area contributed by atoms with Crippen LogP contribution in [-0.4, -0.2) is 22.2 Å². The molecule has 1 fully saturated rings. The second kappa shape index (κ2) is 7.58. The molecule has 0 unspecified atom stereocenters. The number of carbonyl (C=O) groups is 1. The summed E-state index contributed by atoms with van der Waals surface area (Å²) in [6.45, 7) is 1.37. The highest BCUT2D eigenvalue weighted by Gasteiger charge is 2.16. The minimum atomic E-state index is 0.192. The summed E-state index contributed by atoms with van der Waals surface area (Å²) in [6, 6.07) is 6.13. The molecule has 0 saturated heterocycles. The van der Waals surface area contributed by atoms with Crippen molar-refractivity contribution in [2.75, 3.05) is 6.54 Å². The van der Waals surface area contributed by atoms with E-state index in [0.717, 1.165) is 12.2 Å². The molecule has 0 aliphatic heterocycles. The maximum absolute atomic E-state index is 12.0. The molecule has 1 aliphatic rings. The first-order chi connectivity index (χ1) is 10.8. The summed E-state index contributed by atoms with van der Waals surface area (Å²) in [7, 11) is 0. The van der Waals surface area contributed by atoms with Crippen LogP contribution in [0.3, 0.4) is 0 Å². The lowest BCUT2D eigenvalue weighted by atomic mass is 9.87. The summed E-state index contributed by atoms with van der Waals surface area (Å²) in [5.41, 5.74) is 1.00. The molecule has 1 amide bonds. The van der Waals surface area contributed by atoms with Crippen molar-refractivity contribution < 1.29 is 4.79 Å². The van der Waals surface area contributed by atoms with Gasteiger partial charge in [0.2, 0.25) is 5.91 Å². The highest BCUT2D eigenvalue weighted by Crippen LogP contribution is 2.26. The van der Waals surface area contributed by atoms with Crippen LogP contribution in [0.4, 0.5) is 0 Å². The molecule has 0 radical (unpaired) electrons. The van der Waals surface area contributed by atoms with E-state index in [-0.39, 0.29) is 5.91 Å². The molecule has 0 atom stereocenters. The lowest BCUT2D eigenvalue weighted by Crippen LogP contribution is -2.29. The molecule has 4 nitrogen and oxygen atoms in total. The Kier molecular flexibility index (Phi) is 5.27. The van der Waals surface area contributed by atoms with E-state index in [1.54, 1.807) is 11.3 Å². The Bertz CT molecular complexity index is 585. The van der Waals surface area contributed by atoms with Crippen LogP contribution in [0.5, 0.6) is 0 Å². The molecule has 1 saturated carbocycles. The molecule has 2 aromatic heterocycles. The molecule has 1 aliphatic carbocycles. The molecule has 0 spiro atoms. The second-order valence-electron chi connectivity index (χ2n) is 6.00. The average Bonchev–Trinajstić information content (AvgIpc) is 3.19. The van der Waals surface area contributed by atoms with Crippen LogP contribution in [0, 0.1) is 5.92 Å². The summed E-state index contributed by atoms with van der Waals surface area (Å²) < 4.78 is 1.90. The Morgan fingerprint density at radius 3 is 2.95 bits per heavy atom. The number of rotatable bonds is 6. The van der Waals surface area contributed by atoms with Crippen molar-refractivity contribution in [3.05, 3.63) is 29.8 Å². The topological polar surface area (TPSA) is 46.9 Å². The fourth-order valence-corrected chi connectivity index (χ4v) is 3.77. The van der Waals surface area contributed by atoms with E-state index < -0.39 is 0 Å². The molecule has 5 heteroatoms. The number of carbonyl (C=O) groups excluding carboxylic acids is 1. The van der Waals surface area contributed by atoms with Gasteiger partial charge in [0.1, 0.15) is 5.69 Å². The van der Waals surface area contributed by atoms with Gasteiger partial charge < -0.3 is 5.32 Å². The molecular weight excluding hydrogens is 294 g/mol. The van der Waals surface area contributed by atoms with Crippen molar-refractivity contribution in [1.29, 1.82) is 0 Å².